The molecule has 1 aromatic carbocycles. The van der Waals surface area contributed by atoms with Crippen LogP contribution in [0.25, 0.3) is 28.2 Å². The topological polar surface area (TPSA) is 102 Å². The number of nitrogens with zero attached hydrogens (tertiary/aromatic N) is 4. The lowest BCUT2D eigenvalue weighted by Gasteiger charge is -2.59. The Morgan fingerprint density at radius 1 is 1.19 bits per heavy atom. The van der Waals surface area contributed by atoms with Gasteiger partial charge >= 0.3 is 12.1 Å². The normalized spacial score (nSPS) is 18.4. The summed E-state index contributed by atoms with van der Waals surface area (Å²) in [5.41, 5.74) is 1.50. The summed E-state index contributed by atoms with van der Waals surface area (Å²) >= 11 is 0. The molecular weight excluding hydrogens is 549 g/mol. The largest absolute Gasteiger partial charge is 0.496 e. The van der Waals surface area contributed by atoms with Crippen molar-refractivity contribution in [3.05, 3.63) is 71.4 Å². The van der Waals surface area contributed by atoms with Gasteiger partial charge in [-0.05, 0) is 61.9 Å². The molecule has 0 unspecified atom stereocenters. The summed E-state index contributed by atoms with van der Waals surface area (Å²) in [6.07, 6.45) is 4.38. The van der Waals surface area contributed by atoms with Gasteiger partial charge in [0.1, 0.15) is 17.2 Å². The minimum Gasteiger partial charge on any atom is -0.496 e. The summed E-state index contributed by atoms with van der Waals surface area (Å²) in [6, 6.07) is 10.1. The number of hydrogen-bond donors (Lipinski definition) is 1. The molecule has 3 fully saturated rings. The van der Waals surface area contributed by atoms with E-state index in [1.807, 2.05) is 24.3 Å². The number of benzene rings is 1. The molecule has 7 rings (SSSR count). The van der Waals surface area contributed by atoms with Gasteiger partial charge in [-0.15, -0.1) is 0 Å². The number of alkyl halides is 3. The maximum atomic E-state index is 13.7. The summed E-state index contributed by atoms with van der Waals surface area (Å²) in [4.78, 5) is 21.5. The first-order valence-corrected chi connectivity index (χ1v) is 13.8. The molecular formula is C31H27F3N4O4. The third-order valence-electron chi connectivity index (χ3n) is 8.57. The first-order chi connectivity index (χ1) is 20.1. The molecule has 1 spiro atoms. The second kappa shape index (κ2) is 9.57. The Labute approximate surface area is 238 Å². The van der Waals surface area contributed by atoms with E-state index < -0.39 is 17.8 Å². The summed E-state index contributed by atoms with van der Waals surface area (Å²) in [6.45, 7) is 1.78. The minimum absolute atomic E-state index is 0.0626. The lowest BCUT2D eigenvalue weighted by atomic mass is 9.57. The molecule has 0 bridgehead atoms. The minimum atomic E-state index is -4.60. The molecule has 0 amide bonds. The number of anilines is 1. The molecule has 1 N–H and O–H groups in total. The van der Waals surface area contributed by atoms with Gasteiger partial charge in [-0.1, -0.05) is 17.3 Å². The van der Waals surface area contributed by atoms with Crippen LogP contribution < -0.4 is 9.64 Å². The van der Waals surface area contributed by atoms with Crippen molar-refractivity contribution in [3.63, 3.8) is 0 Å². The Balaban J connectivity index is 1.06. The molecule has 0 atom stereocenters. The van der Waals surface area contributed by atoms with Crippen LogP contribution in [0.1, 0.15) is 59.1 Å². The van der Waals surface area contributed by atoms with E-state index >= 15 is 0 Å². The molecule has 4 heterocycles. The van der Waals surface area contributed by atoms with Crippen LogP contribution in [0.3, 0.4) is 0 Å². The summed E-state index contributed by atoms with van der Waals surface area (Å²) in [5, 5.41) is 14.2. The third-order valence-corrected chi connectivity index (χ3v) is 8.57. The molecule has 42 heavy (non-hydrogen) atoms. The zero-order chi connectivity index (χ0) is 29.2. The quantitative estimate of drug-likeness (QED) is 0.256. The van der Waals surface area contributed by atoms with E-state index in [-0.39, 0.29) is 28.3 Å². The second-order valence-corrected chi connectivity index (χ2v) is 11.6. The van der Waals surface area contributed by atoms with Crippen molar-refractivity contribution in [2.45, 2.75) is 37.8 Å². The van der Waals surface area contributed by atoms with Crippen LogP contribution in [0.4, 0.5) is 18.9 Å². The zero-order valence-electron chi connectivity index (χ0n) is 22.7. The molecule has 1 aliphatic heterocycles. The lowest BCUT2D eigenvalue weighted by Crippen LogP contribution is -2.62. The van der Waals surface area contributed by atoms with Crippen LogP contribution in [0.15, 0.2) is 53.2 Å². The Kier molecular flexibility index (Phi) is 6.04. The van der Waals surface area contributed by atoms with Gasteiger partial charge in [-0.3, -0.25) is 4.98 Å². The van der Waals surface area contributed by atoms with Gasteiger partial charge in [0.05, 0.1) is 12.6 Å². The molecule has 1 saturated heterocycles. The maximum absolute atomic E-state index is 13.7. The van der Waals surface area contributed by atoms with Crippen molar-refractivity contribution in [1.82, 2.24) is 15.1 Å². The van der Waals surface area contributed by atoms with E-state index in [1.165, 1.54) is 25.3 Å². The highest BCUT2D eigenvalue weighted by molar-refractivity contribution is 5.94. The number of aromatic nitrogens is 3. The van der Waals surface area contributed by atoms with Gasteiger partial charge in [0.15, 0.2) is 11.4 Å². The van der Waals surface area contributed by atoms with E-state index in [0.717, 1.165) is 56.0 Å². The molecule has 8 nitrogen and oxygen atoms in total. The number of carboxylic acid groups (broad SMARTS) is 1. The summed E-state index contributed by atoms with van der Waals surface area (Å²) in [5.74, 6) is 0.517. The number of aromatic carboxylic acids is 1. The number of allylic oxidation sites excluding steroid dienone is 1. The predicted molar refractivity (Wildman–Crippen MR) is 148 cm³/mol. The highest BCUT2D eigenvalue weighted by Gasteiger charge is 2.51. The number of fused-ring (bicyclic) bond motifs is 1. The predicted octanol–water partition coefficient (Wildman–Crippen LogP) is 6.82. The Bertz CT molecular complexity index is 1730. The number of halogens is 3. The fourth-order valence-corrected chi connectivity index (χ4v) is 6.41. The highest BCUT2D eigenvalue weighted by Crippen LogP contribution is 2.54. The van der Waals surface area contributed by atoms with Gasteiger partial charge in [-0.25, -0.2) is 9.78 Å². The van der Waals surface area contributed by atoms with E-state index in [0.29, 0.717) is 28.5 Å². The molecule has 0 radical (unpaired) electrons. The standard InChI is InChI=1S/C31H27F3N4O4/c1-41-25-12-24(29(39)40)36-23-9-7-19(11-22(23)25)38-15-30(16-38)13-17(14-30)4-8-20-26(37-42-27(20)18-5-6-18)21-3-2-10-35-28(21)31(32,33)34/h2-4,7-12,17-18H,5-6,13-16H2,1H3,(H,39,40). The van der Waals surface area contributed by atoms with Crippen molar-refractivity contribution in [2.24, 2.45) is 11.3 Å². The Hall–Kier alpha value is -4.41. The molecule has 2 saturated carbocycles. The fraction of sp³-hybridized carbons (Fsp3) is 0.355. The number of carboxylic acids is 1. The number of carbonyl (C=O) groups is 1. The van der Waals surface area contributed by atoms with Gasteiger partial charge in [0.2, 0.25) is 0 Å². The first-order valence-electron chi connectivity index (χ1n) is 13.8. The average molecular weight is 577 g/mol. The molecule has 11 heteroatoms. The smallest absolute Gasteiger partial charge is 0.434 e. The molecule has 3 aromatic heterocycles. The molecule has 4 aromatic rings. The third kappa shape index (κ3) is 4.56. The maximum Gasteiger partial charge on any atom is 0.434 e. The Morgan fingerprint density at radius 3 is 2.67 bits per heavy atom. The van der Waals surface area contributed by atoms with Gasteiger partial charge < -0.3 is 19.3 Å². The number of ether oxygens (including phenoxy) is 1. The fourth-order valence-electron chi connectivity index (χ4n) is 6.41. The average Bonchev–Trinajstić information content (AvgIpc) is 3.69. The number of rotatable bonds is 7. The first kappa shape index (κ1) is 26.5. The van der Waals surface area contributed by atoms with Crippen LogP contribution in [0, 0.1) is 11.3 Å². The van der Waals surface area contributed by atoms with Crippen molar-refractivity contribution < 1.29 is 32.3 Å². The molecule has 3 aliphatic rings. The van der Waals surface area contributed by atoms with Gasteiger partial charge in [0.25, 0.3) is 0 Å². The number of pyridine rings is 2. The van der Waals surface area contributed by atoms with E-state index in [1.54, 1.807) is 0 Å². The molecule has 2 aliphatic carbocycles. The zero-order valence-corrected chi connectivity index (χ0v) is 22.7. The lowest BCUT2D eigenvalue weighted by molar-refractivity contribution is -0.140. The van der Waals surface area contributed by atoms with Crippen molar-refractivity contribution in [1.29, 1.82) is 0 Å². The van der Waals surface area contributed by atoms with Crippen LogP contribution in [0.5, 0.6) is 5.75 Å². The number of methoxy groups -OCH3 is 1. The van der Waals surface area contributed by atoms with Crippen molar-refractivity contribution in [3.8, 4) is 17.0 Å². The van der Waals surface area contributed by atoms with Gasteiger partial charge in [0, 0.05) is 58.9 Å². The van der Waals surface area contributed by atoms with Crippen molar-refractivity contribution >= 4 is 28.6 Å². The van der Waals surface area contributed by atoms with Crippen molar-refractivity contribution in [2.75, 3.05) is 25.1 Å². The van der Waals surface area contributed by atoms with E-state index in [2.05, 4.69) is 26.1 Å². The highest BCUT2D eigenvalue weighted by atomic mass is 19.4. The van der Waals surface area contributed by atoms with Gasteiger partial charge in [-0.2, -0.15) is 13.2 Å². The second-order valence-electron chi connectivity index (χ2n) is 11.6. The SMILES string of the molecule is COc1cc(C(=O)O)nc2ccc(N3CC4(CC(C=Cc5c(-c6cccnc6C(F)(F)F)noc5C5CC5)C4)C3)cc12. The summed E-state index contributed by atoms with van der Waals surface area (Å²) < 4.78 is 52.1. The monoisotopic (exact) mass is 576 g/mol. The Morgan fingerprint density at radius 2 is 1.98 bits per heavy atom. The van der Waals surface area contributed by atoms with E-state index in [9.17, 15) is 23.1 Å². The van der Waals surface area contributed by atoms with Crippen LogP contribution in [0.2, 0.25) is 0 Å². The van der Waals surface area contributed by atoms with E-state index in [4.69, 9.17) is 9.26 Å². The number of hydrogen-bond acceptors (Lipinski definition) is 7. The van der Waals surface area contributed by atoms with Crippen LogP contribution >= 0.6 is 0 Å². The van der Waals surface area contributed by atoms with Crippen LogP contribution in [-0.4, -0.2) is 46.4 Å². The molecule has 216 valence electrons. The summed E-state index contributed by atoms with van der Waals surface area (Å²) in [7, 11) is 1.51. The van der Waals surface area contributed by atoms with Crippen LogP contribution in [-0.2, 0) is 6.18 Å².